The Kier molecular flexibility index (Phi) is 3.92. The molecule has 0 spiro atoms. The van der Waals surface area contributed by atoms with Gasteiger partial charge < -0.3 is 5.32 Å². The second kappa shape index (κ2) is 5.87. The van der Waals surface area contributed by atoms with Crippen LogP contribution in [0, 0.1) is 0 Å². The van der Waals surface area contributed by atoms with Gasteiger partial charge in [0.1, 0.15) is 0 Å². The van der Waals surface area contributed by atoms with Gasteiger partial charge in [0.25, 0.3) is 5.91 Å². The molecule has 1 N–H and O–H groups in total. The highest BCUT2D eigenvalue weighted by atomic mass is 19.3. The Labute approximate surface area is 127 Å². The molecule has 1 aromatic heterocycles. The van der Waals surface area contributed by atoms with Crippen LogP contribution in [0.3, 0.4) is 0 Å². The van der Waals surface area contributed by atoms with Gasteiger partial charge in [-0.2, -0.15) is 5.10 Å². The second-order valence-electron chi connectivity index (χ2n) is 5.60. The third-order valence-corrected chi connectivity index (χ3v) is 3.93. The molecule has 1 heterocycles. The predicted octanol–water partition coefficient (Wildman–Crippen LogP) is 3.18. The minimum atomic E-state index is -2.58. The number of carbonyl (C=O) groups excluding carboxylic acids is 1. The quantitative estimate of drug-likeness (QED) is 0.946. The van der Waals surface area contributed by atoms with Crippen LogP contribution in [-0.4, -0.2) is 27.7 Å². The molecule has 4 nitrogen and oxygen atoms in total. The molecule has 2 aromatic rings. The summed E-state index contributed by atoms with van der Waals surface area (Å²) in [5, 5.41) is 6.96. The summed E-state index contributed by atoms with van der Waals surface area (Å²) in [4.78, 5) is 12.3. The fourth-order valence-electron chi connectivity index (χ4n) is 2.66. The van der Waals surface area contributed by atoms with Crippen LogP contribution < -0.4 is 5.32 Å². The van der Waals surface area contributed by atoms with E-state index in [1.165, 1.54) is 0 Å². The summed E-state index contributed by atoms with van der Waals surface area (Å²) < 4.78 is 27.9. The molecule has 0 aliphatic heterocycles. The van der Waals surface area contributed by atoms with Gasteiger partial charge in [-0.1, -0.05) is 6.07 Å². The zero-order chi connectivity index (χ0) is 15.6. The summed E-state index contributed by atoms with van der Waals surface area (Å²) in [7, 11) is 0. The number of halogens is 2. The largest absolute Gasteiger partial charge is 0.349 e. The molecule has 1 aliphatic carbocycles. The number of aromatic nitrogens is 2. The van der Waals surface area contributed by atoms with Gasteiger partial charge in [-0.15, -0.1) is 0 Å². The topological polar surface area (TPSA) is 46.9 Å². The van der Waals surface area contributed by atoms with Crippen LogP contribution >= 0.6 is 0 Å². The van der Waals surface area contributed by atoms with Gasteiger partial charge in [0, 0.05) is 36.8 Å². The third kappa shape index (κ3) is 3.32. The number of hydrogen-bond donors (Lipinski definition) is 1. The fourth-order valence-corrected chi connectivity index (χ4v) is 2.66. The maximum Gasteiger partial charge on any atom is 0.251 e. The molecule has 116 valence electrons. The van der Waals surface area contributed by atoms with Crippen molar-refractivity contribution in [3.05, 3.63) is 48.3 Å². The average molecular weight is 305 g/mol. The van der Waals surface area contributed by atoms with E-state index in [2.05, 4.69) is 10.4 Å². The number of nitrogens with one attached hydrogen (secondary N) is 1. The van der Waals surface area contributed by atoms with Crippen molar-refractivity contribution >= 4 is 5.91 Å². The van der Waals surface area contributed by atoms with E-state index in [0.29, 0.717) is 18.4 Å². The molecular formula is C16H17F2N3O. The van der Waals surface area contributed by atoms with Crippen molar-refractivity contribution < 1.29 is 13.6 Å². The normalized spacial score (nSPS) is 18.1. The van der Waals surface area contributed by atoms with E-state index in [0.717, 1.165) is 5.69 Å². The molecule has 0 atom stereocenters. The summed E-state index contributed by atoms with van der Waals surface area (Å²) in [5.41, 5.74) is 1.29. The minimum absolute atomic E-state index is 0.161. The van der Waals surface area contributed by atoms with Crippen LogP contribution in [0.1, 0.15) is 36.0 Å². The number of rotatable bonds is 3. The lowest BCUT2D eigenvalue weighted by Gasteiger charge is -2.28. The van der Waals surface area contributed by atoms with Gasteiger partial charge in [0.15, 0.2) is 0 Å². The summed E-state index contributed by atoms with van der Waals surface area (Å²) >= 11 is 0. The number of alkyl halides is 2. The maximum atomic E-state index is 13.1. The van der Waals surface area contributed by atoms with Crippen molar-refractivity contribution in [1.82, 2.24) is 15.1 Å². The number of amides is 1. The Morgan fingerprint density at radius 1 is 1.27 bits per heavy atom. The van der Waals surface area contributed by atoms with Crippen LogP contribution in [0.2, 0.25) is 0 Å². The number of nitrogens with zero attached hydrogens (tertiary/aromatic N) is 2. The first-order valence-corrected chi connectivity index (χ1v) is 7.32. The Balaban J connectivity index is 1.67. The van der Waals surface area contributed by atoms with Crippen LogP contribution in [0.15, 0.2) is 42.7 Å². The molecule has 1 aliphatic rings. The first-order chi connectivity index (χ1) is 10.5. The van der Waals surface area contributed by atoms with Crippen molar-refractivity contribution in [2.75, 3.05) is 0 Å². The SMILES string of the molecule is O=C(NC1CCC(F)(F)CC1)c1cccc(-n2cccn2)c1. The van der Waals surface area contributed by atoms with Crippen LogP contribution in [0.25, 0.3) is 5.69 Å². The fraction of sp³-hybridized carbons (Fsp3) is 0.375. The van der Waals surface area contributed by atoms with Crippen molar-refractivity contribution in [2.45, 2.75) is 37.6 Å². The lowest BCUT2D eigenvalue weighted by Crippen LogP contribution is -2.40. The molecule has 1 aromatic carbocycles. The first-order valence-electron chi connectivity index (χ1n) is 7.32. The smallest absolute Gasteiger partial charge is 0.251 e. The maximum absolute atomic E-state index is 13.1. The lowest BCUT2D eigenvalue weighted by atomic mass is 9.92. The molecule has 3 rings (SSSR count). The van der Waals surface area contributed by atoms with E-state index in [9.17, 15) is 13.6 Å². The predicted molar refractivity (Wildman–Crippen MR) is 78.2 cm³/mol. The van der Waals surface area contributed by atoms with E-state index >= 15 is 0 Å². The Morgan fingerprint density at radius 3 is 2.73 bits per heavy atom. The number of hydrogen-bond acceptors (Lipinski definition) is 2. The van der Waals surface area contributed by atoms with E-state index < -0.39 is 5.92 Å². The van der Waals surface area contributed by atoms with Gasteiger partial charge in [-0.05, 0) is 37.1 Å². The third-order valence-electron chi connectivity index (χ3n) is 3.93. The molecule has 6 heteroatoms. The number of carbonyl (C=O) groups is 1. The van der Waals surface area contributed by atoms with Crippen LogP contribution in [0.4, 0.5) is 8.78 Å². The highest BCUT2D eigenvalue weighted by Gasteiger charge is 2.35. The van der Waals surface area contributed by atoms with E-state index in [1.807, 2.05) is 6.07 Å². The first kappa shape index (κ1) is 14.7. The molecule has 0 bridgehead atoms. The lowest BCUT2D eigenvalue weighted by molar-refractivity contribution is -0.0399. The van der Waals surface area contributed by atoms with Crippen molar-refractivity contribution in [3.63, 3.8) is 0 Å². The van der Waals surface area contributed by atoms with Gasteiger partial charge in [0.05, 0.1) is 5.69 Å². The van der Waals surface area contributed by atoms with E-state index in [4.69, 9.17) is 0 Å². The molecule has 0 unspecified atom stereocenters. The van der Waals surface area contributed by atoms with Gasteiger partial charge in [-0.25, -0.2) is 13.5 Å². The highest BCUT2D eigenvalue weighted by molar-refractivity contribution is 5.94. The Morgan fingerprint density at radius 2 is 2.05 bits per heavy atom. The molecule has 22 heavy (non-hydrogen) atoms. The zero-order valence-electron chi connectivity index (χ0n) is 12.0. The van der Waals surface area contributed by atoms with Gasteiger partial charge >= 0.3 is 0 Å². The molecule has 1 amide bonds. The minimum Gasteiger partial charge on any atom is -0.349 e. The van der Waals surface area contributed by atoms with Crippen LogP contribution in [-0.2, 0) is 0 Å². The van der Waals surface area contributed by atoms with Crippen molar-refractivity contribution in [3.8, 4) is 5.69 Å². The highest BCUT2D eigenvalue weighted by Crippen LogP contribution is 2.33. The average Bonchev–Trinajstić information content (AvgIpc) is 3.04. The van der Waals surface area contributed by atoms with Gasteiger partial charge in [0.2, 0.25) is 5.92 Å². The molecule has 1 saturated carbocycles. The summed E-state index contributed by atoms with van der Waals surface area (Å²) in [5.74, 6) is -2.81. The summed E-state index contributed by atoms with van der Waals surface area (Å²) in [6.07, 6.45) is 3.76. The van der Waals surface area contributed by atoms with Crippen molar-refractivity contribution in [1.29, 1.82) is 0 Å². The Bertz CT molecular complexity index is 645. The molecule has 0 radical (unpaired) electrons. The monoisotopic (exact) mass is 305 g/mol. The van der Waals surface area contributed by atoms with Crippen LogP contribution in [0.5, 0.6) is 0 Å². The molecule has 1 fully saturated rings. The summed E-state index contributed by atoms with van der Waals surface area (Å²) in [6.45, 7) is 0. The van der Waals surface area contributed by atoms with Gasteiger partial charge in [-0.3, -0.25) is 4.79 Å². The second-order valence-corrected chi connectivity index (χ2v) is 5.60. The van der Waals surface area contributed by atoms with E-state index in [-0.39, 0.29) is 24.8 Å². The number of benzene rings is 1. The molecular weight excluding hydrogens is 288 g/mol. The van der Waals surface area contributed by atoms with E-state index in [1.54, 1.807) is 41.3 Å². The van der Waals surface area contributed by atoms with Crippen molar-refractivity contribution in [2.24, 2.45) is 0 Å². The molecule has 0 saturated heterocycles. The zero-order valence-corrected chi connectivity index (χ0v) is 12.0. The Hall–Kier alpha value is -2.24. The summed E-state index contributed by atoms with van der Waals surface area (Å²) in [6, 6.07) is 8.70. The standard InChI is InChI=1S/C16H17F2N3O/c17-16(18)7-5-13(6-8-16)20-15(22)12-3-1-4-14(11-12)21-10-2-9-19-21/h1-4,9-11,13H,5-8H2,(H,20,22).